The van der Waals surface area contributed by atoms with Crippen LogP contribution in [-0.4, -0.2) is 14.3 Å². The molecule has 0 unspecified atom stereocenters. The molecule has 3 nitrogen and oxygen atoms in total. The van der Waals surface area contributed by atoms with Gasteiger partial charge in [0.25, 0.3) is 0 Å². The van der Waals surface area contributed by atoms with E-state index in [4.69, 9.17) is 0 Å². The Bertz CT molecular complexity index is 757. The maximum absolute atomic E-state index is 13.2. The summed E-state index contributed by atoms with van der Waals surface area (Å²) in [5.74, 6) is -0.206. The van der Waals surface area contributed by atoms with E-state index < -0.39 is 0 Å². The number of nitrogens with zero attached hydrogens (tertiary/aromatic N) is 3. The van der Waals surface area contributed by atoms with Crippen LogP contribution < -0.4 is 0 Å². The normalized spacial score (nSPS) is 11.4. The molecule has 0 spiro atoms. The molecule has 0 aliphatic heterocycles. The molecule has 0 atom stereocenters. The van der Waals surface area contributed by atoms with E-state index in [-0.39, 0.29) is 5.82 Å². The molecule has 0 saturated heterocycles. The van der Waals surface area contributed by atoms with Crippen LogP contribution in [0.2, 0.25) is 0 Å². The number of aromatic nitrogens is 3. The third-order valence-corrected chi connectivity index (χ3v) is 4.35. The van der Waals surface area contributed by atoms with Gasteiger partial charge in [0.05, 0.1) is 22.4 Å². The number of rotatable bonds is 2. The van der Waals surface area contributed by atoms with Crippen molar-refractivity contribution in [3.8, 4) is 0 Å². The van der Waals surface area contributed by atoms with Crippen molar-refractivity contribution in [1.82, 2.24) is 14.3 Å². The predicted molar refractivity (Wildman–Crippen MR) is 76.6 cm³/mol. The molecule has 3 rings (SSSR count). The Morgan fingerprint density at radius 2 is 2.11 bits per heavy atom. The summed E-state index contributed by atoms with van der Waals surface area (Å²) in [5, 5.41) is 5.29. The first-order valence-electron chi connectivity index (χ1n) is 5.98. The average Bonchev–Trinajstić information content (AvgIpc) is 2.86. The Labute approximate surface area is 118 Å². The molecule has 3 aromatic rings. The van der Waals surface area contributed by atoms with E-state index in [0.29, 0.717) is 6.54 Å². The lowest BCUT2D eigenvalue weighted by Crippen LogP contribution is -2.05. The molecule has 0 amide bonds. The van der Waals surface area contributed by atoms with Crippen LogP contribution in [0.4, 0.5) is 4.39 Å². The largest absolute Gasteiger partial charge is 0.341 e. The Hall–Kier alpha value is -1.62. The highest BCUT2D eigenvalue weighted by Gasteiger charge is 2.12. The molecule has 98 valence electrons. The van der Waals surface area contributed by atoms with Gasteiger partial charge in [-0.1, -0.05) is 0 Å². The van der Waals surface area contributed by atoms with E-state index >= 15 is 0 Å². The van der Waals surface area contributed by atoms with Gasteiger partial charge in [0.2, 0.25) is 0 Å². The van der Waals surface area contributed by atoms with Crippen LogP contribution in [0.3, 0.4) is 0 Å². The fraction of sp³-hybridized carbons (Fsp3) is 0.214. The van der Waals surface area contributed by atoms with Gasteiger partial charge in [0, 0.05) is 24.1 Å². The SMILES string of the molecule is Cc1nn(C)c(Cn2ccc3cc(F)ccc32)c1Br. The number of hydrogen-bond donors (Lipinski definition) is 0. The maximum atomic E-state index is 13.2. The van der Waals surface area contributed by atoms with Crippen molar-refractivity contribution in [2.75, 3.05) is 0 Å². The van der Waals surface area contributed by atoms with Crippen LogP contribution in [-0.2, 0) is 13.6 Å². The minimum absolute atomic E-state index is 0.206. The third kappa shape index (κ3) is 2.08. The summed E-state index contributed by atoms with van der Waals surface area (Å²) < 4.78 is 18.2. The second-order valence-corrected chi connectivity index (χ2v) is 5.41. The number of aryl methyl sites for hydroxylation is 2. The first-order valence-corrected chi connectivity index (χ1v) is 6.78. The van der Waals surface area contributed by atoms with Gasteiger partial charge in [0.15, 0.2) is 0 Å². The smallest absolute Gasteiger partial charge is 0.123 e. The molecule has 19 heavy (non-hydrogen) atoms. The second-order valence-electron chi connectivity index (χ2n) is 4.62. The number of halogens is 2. The van der Waals surface area contributed by atoms with E-state index in [1.54, 1.807) is 6.07 Å². The number of benzene rings is 1. The maximum Gasteiger partial charge on any atom is 0.123 e. The summed E-state index contributed by atoms with van der Waals surface area (Å²) in [7, 11) is 1.93. The van der Waals surface area contributed by atoms with Gasteiger partial charge in [-0.3, -0.25) is 4.68 Å². The summed E-state index contributed by atoms with van der Waals surface area (Å²) in [4.78, 5) is 0. The molecule has 0 aliphatic rings. The van der Waals surface area contributed by atoms with Crippen molar-refractivity contribution in [1.29, 1.82) is 0 Å². The average molecular weight is 322 g/mol. The summed E-state index contributed by atoms with van der Waals surface area (Å²) in [6.07, 6.45) is 1.97. The van der Waals surface area contributed by atoms with Gasteiger partial charge in [-0.25, -0.2) is 4.39 Å². The van der Waals surface area contributed by atoms with Gasteiger partial charge < -0.3 is 4.57 Å². The van der Waals surface area contributed by atoms with Crippen molar-refractivity contribution in [3.05, 3.63) is 52.1 Å². The zero-order chi connectivity index (χ0) is 13.6. The first-order chi connectivity index (χ1) is 9.06. The molecule has 0 aliphatic carbocycles. The lowest BCUT2D eigenvalue weighted by Gasteiger charge is -2.07. The Morgan fingerprint density at radius 3 is 2.79 bits per heavy atom. The lowest BCUT2D eigenvalue weighted by molar-refractivity contribution is 0.629. The zero-order valence-corrected chi connectivity index (χ0v) is 12.3. The fourth-order valence-corrected chi connectivity index (χ4v) is 2.78. The van der Waals surface area contributed by atoms with Gasteiger partial charge in [-0.2, -0.15) is 5.10 Å². The molecule has 0 fully saturated rings. The third-order valence-electron chi connectivity index (χ3n) is 3.31. The highest BCUT2D eigenvalue weighted by atomic mass is 79.9. The van der Waals surface area contributed by atoms with Gasteiger partial charge >= 0.3 is 0 Å². The molecule has 0 N–H and O–H groups in total. The van der Waals surface area contributed by atoms with E-state index in [2.05, 4.69) is 25.6 Å². The molecule has 5 heteroatoms. The fourth-order valence-electron chi connectivity index (χ4n) is 2.32. The van der Waals surface area contributed by atoms with Crippen LogP contribution >= 0.6 is 15.9 Å². The monoisotopic (exact) mass is 321 g/mol. The molecular weight excluding hydrogens is 309 g/mol. The topological polar surface area (TPSA) is 22.8 Å². The van der Waals surface area contributed by atoms with Crippen LogP contribution in [0, 0.1) is 12.7 Å². The van der Waals surface area contributed by atoms with Gasteiger partial charge in [-0.15, -0.1) is 0 Å². The molecule has 0 radical (unpaired) electrons. The molecule has 2 aromatic heterocycles. The Kier molecular flexibility index (Phi) is 2.93. The van der Waals surface area contributed by atoms with Crippen molar-refractivity contribution in [2.24, 2.45) is 7.05 Å². The molecule has 2 heterocycles. The number of hydrogen-bond acceptors (Lipinski definition) is 1. The van der Waals surface area contributed by atoms with E-state index in [1.807, 2.05) is 37.0 Å². The van der Waals surface area contributed by atoms with Gasteiger partial charge in [-0.05, 0) is 47.1 Å². The van der Waals surface area contributed by atoms with Crippen LogP contribution in [0.5, 0.6) is 0 Å². The molecular formula is C14H13BrFN3. The van der Waals surface area contributed by atoms with Crippen molar-refractivity contribution >= 4 is 26.8 Å². The molecule has 1 aromatic carbocycles. The summed E-state index contributed by atoms with van der Waals surface area (Å²) in [6.45, 7) is 2.67. The van der Waals surface area contributed by atoms with Gasteiger partial charge in [0.1, 0.15) is 5.82 Å². The van der Waals surface area contributed by atoms with E-state index in [1.165, 1.54) is 6.07 Å². The van der Waals surface area contributed by atoms with Crippen LogP contribution in [0.1, 0.15) is 11.4 Å². The van der Waals surface area contributed by atoms with Crippen LogP contribution in [0.25, 0.3) is 10.9 Å². The van der Waals surface area contributed by atoms with Crippen LogP contribution in [0.15, 0.2) is 34.9 Å². The molecule has 0 bridgehead atoms. The highest BCUT2D eigenvalue weighted by molar-refractivity contribution is 9.10. The number of fused-ring (bicyclic) bond motifs is 1. The highest BCUT2D eigenvalue weighted by Crippen LogP contribution is 2.24. The van der Waals surface area contributed by atoms with E-state index in [9.17, 15) is 4.39 Å². The summed E-state index contributed by atoms with van der Waals surface area (Å²) >= 11 is 3.57. The second kappa shape index (κ2) is 4.49. The Balaban J connectivity index is 2.06. The summed E-state index contributed by atoms with van der Waals surface area (Å²) in [5.41, 5.74) is 3.09. The van der Waals surface area contributed by atoms with Crippen molar-refractivity contribution < 1.29 is 4.39 Å². The van der Waals surface area contributed by atoms with Crippen molar-refractivity contribution in [2.45, 2.75) is 13.5 Å². The lowest BCUT2D eigenvalue weighted by atomic mass is 10.2. The predicted octanol–water partition coefficient (Wildman–Crippen LogP) is 3.63. The van der Waals surface area contributed by atoms with E-state index in [0.717, 1.165) is 26.8 Å². The Morgan fingerprint density at radius 1 is 1.32 bits per heavy atom. The molecule has 0 saturated carbocycles. The first kappa shape index (κ1) is 12.4. The quantitative estimate of drug-likeness (QED) is 0.706. The minimum Gasteiger partial charge on any atom is -0.341 e. The summed E-state index contributed by atoms with van der Waals surface area (Å²) in [6, 6.07) is 6.77. The van der Waals surface area contributed by atoms with Crippen molar-refractivity contribution in [3.63, 3.8) is 0 Å². The standard InChI is InChI=1S/C14H13BrFN3/c1-9-14(15)13(18(2)17-9)8-19-6-5-10-7-11(16)3-4-12(10)19/h3-7H,8H2,1-2H3. The zero-order valence-electron chi connectivity index (χ0n) is 10.7. The minimum atomic E-state index is -0.206.